The average molecular weight is 399 g/mol. The number of benzene rings is 1. The highest BCUT2D eigenvalue weighted by atomic mass is 16.5. The molecule has 0 saturated carbocycles. The topological polar surface area (TPSA) is 68.6 Å². The molecule has 2 aliphatic rings. The third-order valence-corrected chi connectivity index (χ3v) is 5.90. The zero-order valence-electron chi connectivity index (χ0n) is 17.3. The first-order valence-corrected chi connectivity index (χ1v) is 10.5. The van der Waals surface area contributed by atoms with Crippen LogP contribution in [0.2, 0.25) is 0 Å². The number of methoxy groups -OCH3 is 1. The molecule has 1 fully saturated rings. The summed E-state index contributed by atoms with van der Waals surface area (Å²) < 4.78 is 12.6. The van der Waals surface area contributed by atoms with Gasteiger partial charge >= 0.3 is 0 Å². The number of hydrogen-bond acceptors (Lipinski definition) is 5. The molecule has 1 unspecified atom stereocenters. The second kappa shape index (κ2) is 8.97. The number of rotatable bonds is 6. The zero-order valence-corrected chi connectivity index (χ0v) is 17.3. The van der Waals surface area contributed by atoms with Crippen LogP contribution in [0.25, 0.3) is 0 Å². The molecule has 0 bridgehead atoms. The molecule has 7 heteroatoms. The first kappa shape index (κ1) is 19.9. The maximum atomic E-state index is 13.1. The van der Waals surface area contributed by atoms with E-state index in [1.165, 1.54) is 11.3 Å². The van der Waals surface area contributed by atoms with Crippen molar-refractivity contribution in [2.75, 3.05) is 33.4 Å². The predicted octanol–water partition coefficient (Wildman–Crippen LogP) is 2.03. The molecule has 4 rings (SSSR count). The number of carbonyl (C=O) groups excluding carboxylic acids is 1. The zero-order chi connectivity index (χ0) is 20.2. The van der Waals surface area contributed by atoms with E-state index >= 15 is 0 Å². The van der Waals surface area contributed by atoms with Crippen LogP contribution in [0.4, 0.5) is 0 Å². The van der Waals surface area contributed by atoms with Crippen LogP contribution in [-0.4, -0.2) is 60.0 Å². The maximum absolute atomic E-state index is 13.1. The lowest BCUT2D eigenvalue weighted by Crippen LogP contribution is -2.41. The molecule has 2 aromatic rings. The van der Waals surface area contributed by atoms with Crippen molar-refractivity contribution < 1.29 is 14.3 Å². The summed E-state index contributed by atoms with van der Waals surface area (Å²) in [5.74, 6) is 0.918. The van der Waals surface area contributed by atoms with Gasteiger partial charge in [-0.3, -0.25) is 9.48 Å². The Morgan fingerprint density at radius 1 is 1.28 bits per heavy atom. The van der Waals surface area contributed by atoms with Gasteiger partial charge in [0.05, 0.1) is 20.3 Å². The van der Waals surface area contributed by atoms with Crippen molar-refractivity contribution >= 4 is 5.91 Å². The average Bonchev–Trinajstić information content (AvgIpc) is 3.16. The lowest BCUT2D eigenvalue weighted by Gasteiger charge is -2.28. The van der Waals surface area contributed by atoms with E-state index in [4.69, 9.17) is 14.6 Å². The molecule has 1 aliphatic heterocycles. The van der Waals surface area contributed by atoms with Gasteiger partial charge in [0.15, 0.2) is 5.69 Å². The van der Waals surface area contributed by atoms with E-state index < -0.39 is 0 Å². The monoisotopic (exact) mass is 398 g/mol. The van der Waals surface area contributed by atoms with Crippen molar-refractivity contribution in [1.82, 2.24) is 20.0 Å². The van der Waals surface area contributed by atoms with Crippen molar-refractivity contribution in [3.63, 3.8) is 0 Å². The standard InChI is InChI=1S/C22H30N4O3/c1-3-26-20-9-6-17(23-15-16-4-7-18(28-2)8-5-16)14-19(20)21(24-26)22(27)25-10-12-29-13-11-25/h4-5,7-8,17,23H,3,6,9-15H2,1-2H3. The summed E-state index contributed by atoms with van der Waals surface area (Å²) in [7, 11) is 1.68. The molecule has 0 spiro atoms. The molecule has 1 saturated heterocycles. The van der Waals surface area contributed by atoms with E-state index in [2.05, 4.69) is 24.4 Å². The van der Waals surface area contributed by atoms with Gasteiger partial charge in [0.2, 0.25) is 0 Å². The summed E-state index contributed by atoms with van der Waals surface area (Å²) in [5, 5.41) is 8.37. The Labute approximate surface area is 172 Å². The minimum absolute atomic E-state index is 0.0487. The van der Waals surface area contributed by atoms with Gasteiger partial charge in [-0.25, -0.2) is 0 Å². The van der Waals surface area contributed by atoms with Gasteiger partial charge in [0.1, 0.15) is 5.75 Å². The van der Waals surface area contributed by atoms with Crippen LogP contribution in [0, 0.1) is 0 Å². The van der Waals surface area contributed by atoms with Gasteiger partial charge in [0, 0.05) is 43.5 Å². The summed E-state index contributed by atoms with van der Waals surface area (Å²) in [6.07, 6.45) is 2.85. The van der Waals surface area contributed by atoms with Gasteiger partial charge in [0.25, 0.3) is 5.91 Å². The minimum Gasteiger partial charge on any atom is -0.497 e. The number of nitrogens with zero attached hydrogens (tertiary/aromatic N) is 3. The smallest absolute Gasteiger partial charge is 0.274 e. The fourth-order valence-corrected chi connectivity index (χ4v) is 4.22. The number of fused-ring (bicyclic) bond motifs is 1. The van der Waals surface area contributed by atoms with Gasteiger partial charge in [-0.1, -0.05) is 12.1 Å². The van der Waals surface area contributed by atoms with Crippen LogP contribution in [0.5, 0.6) is 5.75 Å². The largest absolute Gasteiger partial charge is 0.497 e. The second-order valence-corrected chi connectivity index (χ2v) is 7.66. The SMILES string of the molecule is CCn1nc(C(=O)N2CCOCC2)c2c1CCC(NCc1ccc(OC)cc1)C2. The van der Waals surface area contributed by atoms with Gasteiger partial charge in [-0.2, -0.15) is 5.10 Å². The Balaban J connectivity index is 1.46. The Morgan fingerprint density at radius 3 is 2.72 bits per heavy atom. The Morgan fingerprint density at radius 2 is 2.03 bits per heavy atom. The molecule has 29 heavy (non-hydrogen) atoms. The summed E-state index contributed by atoms with van der Waals surface area (Å²) in [6, 6.07) is 8.49. The number of hydrogen-bond donors (Lipinski definition) is 1. The molecule has 1 aliphatic carbocycles. The first-order chi connectivity index (χ1) is 14.2. The number of carbonyl (C=O) groups is 1. The van der Waals surface area contributed by atoms with E-state index in [-0.39, 0.29) is 5.91 Å². The quantitative estimate of drug-likeness (QED) is 0.806. The van der Waals surface area contributed by atoms with Crippen LogP contribution in [0.15, 0.2) is 24.3 Å². The number of nitrogens with one attached hydrogen (secondary N) is 1. The van der Waals surface area contributed by atoms with E-state index in [0.29, 0.717) is 38.0 Å². The molecule has 1 amide bonds. The molecule has 2 heterocycles. The second-order valence-electron chi connectivity index (χ2n) is 7.66. The molecular formula is C22H30N4O3. The number of aromatic nitrogens is 2. The summed E-state index contributed by atoms with van der Waals surface area (Å²) in [6.45, 7) is 6.19. The predicted molar refractivity (Wildman–Crippen MR) is 110 cm³/mol. The number of morpholine rings is 1. The summed E-state index contributed by atoms with van der Waals surface area (Å²) in [4.78, 5) is 15.0. The Kier molecular flexibility index (Phi) is 6.16. The molecule has 1 aromatic carbocycles. The van der Waals surface area contributed by atoms with Crippen LogP contribution < -0.4 is 10.1 Å². The number of aryl methyl sites for hydroxylation is 1. The minimum atomic E-state index is 0.0487. The van der Waals surface area contributed by atoms with Crippen molar-refractivity contribution in [2.45, 2.75) is 45.3 Å². The van der Waals surface area contributed by atoms with Gasteiger partial charge in [-0.15, -0.1) is 0 Å². The molecular weight excluding hydrogens is 368 g/mol. The highest BCUT2D eigenvalue weighted by Crippen LogP contribution is 2.26. The highest BCUT2D eigenvalue weighted by molar-refractivity contribution is 5.94. The summed E-state index contributed by atoms with van der Waals surface area (Å²) >= 11 is 0. The highest BCUT2D eigenvalue weighted by Gasteiger charge is 2.31. The third kappa shape index (κ3) is 4.31. The Hall–Kier alpha value is -2.38. The summed E-state index contributed by atoms with van der Waals surface area (Å²) in [5.41, 5.74) is 4.22. The van der Waals surface area contributed by atoms with Gasteiger partial charge in [-0.05, 0) is 43.9 Å². The molecule has 1 aromatic heterocycles. The van der Waals surface area contributed by atoms with Gasteiger partial charge < -0.3 is 19.7 Å². The van der Waals surface area contributed by atoms with Crippen molar-refractivity contribution in [2.24, 2.45) is 0 Å². The maximum Gasteiger partial charge on any atom is 0.274 e. The van der Waals surface area contributed by atoms with Crippen molar-refractivity contribution in [3.8, 4) is 5.75 Å². The van der Waals surface area contributed by atoms with Crippen LogP contribution in [0.3, 0.4) is 0 Å². The van der Waals surface area contributed by atoms with E-state index in [1.54, 1.807) is 7.11 Å². The Bertz CT molecular complexity index is 840. The van der Waals surface area contributed by atoms with Crippen LogP contribution >= 0.6 is 0 Å². The normalized spacial score (nSPS) is 19.1. The molecule has 0 radical (unpaired) electrons. The molecule has 156 valence electrons. The number of amides is 1. The van der Waals surface area contributed by atoms with Crippen LogP contribution in [-0.2, 0) is 30.7 Å². The van der Waals surface area contributed by atoms with E-state index in [0.717, 1.165) is 43.7 Å². The number of ether oxygens (including phenoxy) is 2. The molecule has 1 N–H and O–H groups in total. The van der Waals surface area contributed by atoms with Crippen molar-refractivity contribution in [3.05, 3.63) is 46.8 Å². The fraction of sp³-hybridized carbons (Fsp3) is 0.545. The van der Waals surface area contributed by atoms with E-state index in [9.17, 15) is 4.79 Å². The third-order valence-electron chi connectivity index (χ3n) is 5.90. The fourth-order valence-electron chi connectivity index (χ4n) is 4.22. The van der Waals surface area contributed by atoms with E-state index in [1.807, 2.05) is 21.7 Å². The molecule has 1 atom stereocenters. The molecule has 7 nitrogen and oxygen atoms in total. The van der Waals surface area contributed by atoms with Crippen LogP contribution in [0.1, 0.15) is 40.7 Å². The lowest BCUT2D eigenvalue weighted by molar-refractivity contribution is 0.0297. The first-order valence-electron chi connectivity index (χ1n) is 10.5. The lowest BCUT2D eigenvalue weighted by atomic mass is 9.91. The van der Waals surface area contributed by atoms with Crippen molar-refractivity contribution in [1.29, 1.82) is 0 Å².